The van der Waals surface area contributed by atoms with Gasteiger partial charge in [0.05, 0.1) is 35.0 Å². The van der Waals surface area contributed by atoms with E-state index in [4.69, 9.17) is 5.26 Å². The molecule has 252 valence electrons. The van der Waals surface area contributed by atoms with E-state index in [-0.39, 0.29) is 34.8 Å². The quantitative estimate of drug-likeness (QED) is 0.183. The first-order chi connectivity index (χ1) is 22.3. The Balaban J connectivity index is 0.000000220. The van der Waals surface area contributed by atoms with E-state index in [0.717, 1.165) is 44.5 Å². The molecule has 0 spiro atoms. The molecular weight excluding hydrogens is 624 g/mol. The third-order valence-electron chi connectivity index (χ3n) is 7.22. The number of halogens is 4. The largest absolute Gasteiger partial charge is 0.477 e. The van der Waals surface area contributed by atoms with E-state index < -0.39 is 34.9 Å². The average molecular weight is 661 g/mol. The summed E-state index contributed by atoms with van der Waals surface area (Å²) in [6.07, 6.45) is 0.116. The Morgan fingerprint density at radius 1 is 1.11 bits per heavy atom. The van der Waals surface area contributed by atoms with Gasteiger partial charge in [0, 0.05) is 50.2 Å². The SMILES string of the molecule is CCCC(=O)CC(=O)OCC.N#Cc1cccc(C(F)(F)F)c1.O=C(O)c1cn(C2CC2)c2cc(N3CCNCC3)c(F)cc2c1=O. The Hall–Kier alpha value is -4.77. The number of aromatic nitrogens is 1. The molecule has 2 aromatic carbocycles. The molecule has 0 amide bonds. The molecule has 1 saturated heterocycles. The fourth-order valence-corrected chi connectivity index (χ4v) is 4.82. The molecule has 0 radical (unpaired) electrons. The Kier molecular flexibility index (Phi) is 13.0. The first-order valence-corrected chi connectivity index (χ1v) is 15.1. The number of nitriles is 1. The van der Waals surface area contributed by atoms with Crippen LogP contribution in [0.25, 0.3) is 10.9 Å². The molecule has 1 saturated carbocycles. The number of carboxylic acid groups (broad SMARTS) is 1. The Labute approximate surface area is 268 Å². The summed E-state index contributed by atoms with van der Waals surface area (Å²) in [5.41, 5.74) is -0.612. The van der Waals surface area contributed by atoms with Crippen LogP contribution in [0, 0.1) is 17.1 Å². The molecule has 10 nitrogen and oxygen atoms in total. The first kappa shape index (κ1) is 36.7. The number of carbonyl (C=O) groups is 3. The van der Waals surface area contributed by atoms with Gasteiger partial charge in [-0.3, -0.25) is 14.4 Å². The van der Waals surface area contributed by atoms with Crippen molar-refractivity contribution in [2.75, 3.05) is 37.7 Å². The number of carbonyl (C=O) groups excluding carboxylic acids is 2. The van der Waals surface area contributed by atoms with E-state index in [0.29, 0.717) is 37.3 Å². The van der Waals surface area contributed by atoms with Crippen molar-refractivity contribution in [3.05, 3.63) is 75.3 Å². The summed E-state index contributed by atoms with van der Waals surface area (Å²) in [6, 6.07) is 9.01. The summed E-state index contributed by atoms with van der Waals surface area (Å²) in [4.78, 5) is 47.2. The fraction of sp³-hybridized carbons (Fsp3) is 0.424. The highest BCUT2D eigenvalue weighted by atomic mass is 19.4. The topological polar surface area (TPSA) is 142 Å². The number of hydrogen-bond acceptors (Lipinski definition) is 8. The Morgan fingerprint density at radius 2 is 1.79 bits per heavy atom. The lowest BCUT2D eigenvalue weighted by Gasteiger charge is -2.30. The zero-order valence-electron chi connectivity index (χ0n) is 26.0. The van der Waals surface area contributed by atoms with E-state index in [2.05, 4.69) is 10.1 Å². The normalized spacial score (nSPS) is 14.2. The maximum absolute atomic E-state index is 14.6. The van der Waals surface area contributed by atoms with Crippen molar-refractivity contribution in [3.8, 4) is 6.07 Å². The van der Waals surface area contributed by atoms with Gasteiger partial charge >= 0.3 is 18.1 Å². The molecule has 2 fully saturated rings. The summed E-state index contributed by atoms with van der Waals surface area (Å²) in [6.45, 7) is 6.94. The number of aromatic carboxylic acids is 1. The van der Waals surface area contributed by atoms with Crippen LogP contribution in [-0.4, -0.2) is 60.2 Å². The number of carboxylic acids is 1. The Bertz CT molecular complexity index is 1670. The third-order valence-corrected chi connectivity index (χ3v) is 7.22. The monoisotopic (exact) mass is 660 g/mol. The summed E-state index contributed by atoms with van der Waals surface area (Å²) in [5.74, 6) is -2.20. The second-order valence-electron chi connectivity index (χ2n) is 10.8. The molecule has 2 heterocycles. The maximum atomic E-state index is 14.6. The van der Waals surface area contributed by atoms with Crippen molar-refractivity contribution in [2.45, 2.75) is 58.2 Å². The van der Waals surface area contributed by atoms with Gasteiger partial charge in [0.25, 0.3) is 0 Å². The maximum Gasteiger partial charge on any atom is 0.416 e. The third kappa shape index (κ3) is 10.4. The van der Waals surface area contributed by atoms with Gasteiger partial charge in [-0.2, -0.15) is 18.4 Å². The molecule has 2 N–H and O–H groups in total. The predicted molar refractivity (Wildman–Crippen MR) is 166 cm³/mol. The molecule has 1 aliphatic heterocycles. The number of Topliss-reactive ketones (excluding diaryl/α,β-unsaturated/α-hetero) is 1. The van der Waals surface area contributed by atoms with Gasteiger partial charge in [0.2, 0.25) is 5.43 Å². The number of fused-ring (bicyclic) bond motifs is 1. The van der Waals surface area contributed by atoms with E-state index >= 15 is 0 Å². The summed E-state index contributed by atoms with van der Waals surface area (Å²) >= 11 is 0. The van der Waals surface area contributed by atoms with Crippen molar-refractivity contribution in [2.24, 2.45) is 0 Å². The van der Waals surface area contributed by atoms with E-state index in [1.165, 1.54) is 24.4 Å². The van der Waals surface area contributed by atoms with Gasteiger partial charge in [-0.1, -0.05) is 13.0 Å². The molecule has 0 bridgehead atoms. The van der Waals surface area contributed by atoms with Crippen LogP contribution < -0.4 is 15.6 Å². The molecule has 47 heavy (non-hydrogen) atoms. The van der Waals surface area contributed by atoms with Crippen LogP contribution >= 0.6 is 0 Å². The average Bonchev–Trinajstić information content (AvgIpc) is 3.88. The van der Waals surface area contributed by atoms with E-state index in [1.54, 1.807) is 19.1 Å². The number of nitrogens with one attached hydrogen (secondary N) is 1. The smallest absolute Gasteiger partial charge is 0.416 e. The van der Waals surface area contributed by atoms with Gasteiger partial charge in [0.1, 0.15) is 23.6 Å². The lowest BCUT2D eigenvalue weighted by Crippen LogP contribution is -2.43. The summed E-state index contributed by atoms with van der Waals surface area (Å²) < 4.78 is 57.0. The minimum atomic E-state index is -4.37. The van der Waals surface area contributed by atoms with Crippen molar-refractivity contribution in [3.63, 3.8) is 0 Å². The molecule has 1 aromatic heterocycles. The molecule has 2 aliphatic rings. The second kappa shape index (κ2) is 16.7. The summed E-state index contributed by atoms with van der Waals surface area (Å²) in [5, 5.41) is 20.9. The minimum Gasteiger partial charge on any atom is -0.477 e. The van der Waals surface area contributed by atoms with Crippen LogP contribution in [0.15, 0.2) is 47.4 Å². The first-order valence-electron chi connectivity index (χ1n) is 15.1. The van der Waals surface area contributed by atoms with Crippen LogP contribution in [0.5, 0.6) is 0 Å². The van der Waals surface area contributed by atoms with E-state index in [1.807, 2.05) is 16.4 Å². The van der Waals surface area contributed by atoms with Crippen molar-refractivity contribution >= 4 is 34.3 Å². The highest BCUT2D eigenvalue weighted by Gasteiger charge is 2.30. The molecule has 0 unspecified atom stereocenters. The molecule has 0 atom stereocenters. The number of ketones is 1. The number of alkyl halides is 3. The van der Waals surface area contributed by atoms with Gasteiger partial charge in [-0.25, -0.2) is 9.18 Å². The zero-order chi connectivity index (χ0) is 34.7. The van der Waals surface area contributed by atoms with Crippen LogP contribution in [-0.2, 0) is 20.5 Å². The van der Waals surface area contributed by atoms with E-state index in [9.17, 15) is 41.8 Å². The van der Waals surface area contributed by atoms with Gasteiger partial charge < -0.3 is 24.6 Å². The fourth-order valence-electron chi connectivity index (χ4n) is 4.82. The van der Waals surface area contributed by atoms with Gasteiger partial charge in [-0.05, 0) is 56.5 Å². The van der Waals surface area contributed by atoms with Crippen LogP contribution in [0.1, 0.15) is 73.5 Å². The van der Waals surface area contributed by atoms with Crippen LogP contribution in [0.2, 0.25) is 0 Å². The molecule has 5 rings (SSSR count). The number of ether oxygens (including phenoxy) is 1. The minimum absolute atomic E-state index is 0.0184. The highest BCUT2D eigenvalue weighted by Crippen LogP contribution is 2.38. The zero-order valence-corrected chi connectivity index (χ0v) is 26.0. The standard InChI is InChI=1S/C17H18FN3O3.C8H4F3N.C8H14O3/c18-13-7-11-14(8-15(13)20-5-3-19-4-6-20)21(10-1-2-10)9-12(16(11)22)17(23)24;9-8(10,11)7-3-1-2-6(4-7)5-12;1-3-5-7(9)6-8(10)11-4-2/h7-10,19H,1-6H2,(H,23,24);1-4H;3-6H2,1-2H3. The number of piperazine rings is 1. The molecular formula is C33H36F4N4O6. The number of anilines is 1. The van der Waals surface area contributed by atoms with Crippen molar-refractivity contribution in [1.82, 2.24) is 9.88 Å². The summed E-state index contributed by atoms with van der Waals surface area (Å²) in [7, 11) is 0. The highest BCUT2D eigenvalue weighted by molar-refractivity contribution is 5.95. The Morgan fingerprint density at radius 3 is 2.34 bits per heavy atom. The number of nitrogens with zero attached hydrogens (tertiary/aromatic N) is 3. The number of rotatable bonds is 8. The molecule has 14 heteroatoms. The van der Waals surface area contributed by atoms with Crippen LogP contribution in [0.3, 0.4) is 0 Å². The second-order valence-corrected chi connectivity index (χ2v) is 10.8. The number of hydrogen-bond donors (Lipinski definition) is 2. The van der Waals surface area contributed by atoms with Gasteiger partial charge in [0.15, 0.2) is 0 Å². The van der Waals surface area contributed by atoms with Gasteiger partial charge in [-0.15, -0.1) is 0 Å². The number of esters is 1. The van der Waals surface area contributed by atoms with Crippen molar-refractivity contribution < 1.29 is 41.8 Å². The molecule has 3 aromatic rings. The number of benzene rings is 2. The molecule has 1 aliphatic carbocycles. The number of pyridine rings is 1. The van der Waals surface area contributed by atoms with Crippen molar-refractivity contribution in [1.29, 1.82) is 5.26 Å². The van der Waals surface area contributed by atoms with Crippen LogP contribution in [0.4, 0.5) is 23.2 Å². The predicted octanol–water partition coefficient (Wildman–Crippen LogP) is 5.47. The lowest BCUT2D eigenvalue weighted by atomic mass is 10.1. The lowest BCUT2D eigenvalue weighted by molar-refractivity contribution is -0.145.